The highest BCUT2D eigenvalue weighted by molar-refractivity contribution is 5.99. The van der Waals surface area contributed by atoms with Crippen LogP contribution >= 0.6 is 0 Å². The van der Waals surface area contributed by atoms with Gasteiger partial charge >= 0.3 is 0 Å². The number of benzene rings is 12. The van der Waals surface area contributed by atoms with Crippen LogP contribution in [-0.2, 0) is 16.2 Å². The molecule has 0 radical (unpaired) electrons. The van der Waals surface area contributed by atoms with Gasteiger partial charge in [-0.3, -0.25) is 0 Å². The number of fused-ring (bicyclic) bond motifs is 9. The molecule has 3 aliphatic rings. The van der Waals surface area contributed by atoms with E-state index in [4.69, 9.17) is 0 Å². The van der Waals surface area contributed by atoms with Crippen molar-refractivity contribution in [3.8, 4) is 55.6 Å². The van der Waals surface area contributed by atoms with Crippen molar-refractivity contribution >= 4 is 0 Å². The van der Waals surface area contributed by atoms with E-state index in [-0.39, 0.29) is 0 Å². The van der Waals surface area contributed by atoms with Crippen LogP contribution in [0.15, 0.2) is 285 Å². The summed E-state index contributed by atoms with van der Waals surface area (Å²) in [6, 6.07) is 108. The Kier molecular flexibility index (Phi) is 10.4. The number of hydrogen-bond donors (Lipinski definition) is 0. The minimum Gasteiger partial charge on any atom is -0.0622 e. The first-order valence-corrected chi connectivity index (χ1v) is 27.6. The highest BCUT2D eigenvalue weighted by Gasteiger charge is 2.51. The second kappa shape index (κ2) is 17.6. The van der Waals surface area contributed by atoms with E-state index in [2.05, 4.69) is 306 Å². The van der Waals surface area contributed by atoms with Gasteiger partial charge in [0.05, 0.1) is 16.2 Å². The predicted octanol–water partition coefficient (Wildman–Crippen LogP) is 19.0. The van der Waals surface area contributed by atoms with Gasteiger partial charge < -0.3 is 0 Å². The summed E-state index contributed by atoms with van der Waals surface area (Å²) in [4.78, 5) is 0. The molecule has 2 unspecified atom stereocenters. The Bertz CT molecular complexity index is 4300. The van der Waals surface area contributed by atoms with Crippen LogP contribution in [0.3, 0.4) is 0 Å². The summed E-state index contributed by atoms with van der Waals surface area (Å²) in [5, 5.41) is 0. The van der Waals surface area contributed by atoms with Gasteiger partial charge in [0.2, 0.25) is 0 Å². The van der Waals surface area contributed by atoms with E-state index in [0.29, 0.717) is 0 Å². The molecule has 0 aliphatic heterocycles. The van der Waals surface area contributed by atoms with Crippen LogP contribution in [0.2, 0.25) is 0 Å². The maximum Gasteiger partial charge on any atom is 0.0716 e. The van der Waals surface area contributed by atoms with Crippen molar-refractivity contribution in [1.82, 2.24) is 0 Å². The monoisotopic (exact) mass is 992 g/mol. The van der Waals surface area contributed by atoms with E-state index in [9.17, 15) is 0 Å². The van der Waals surface area contributed by atoms with E-state index in [1.165, 1.54) is 139 Å². The summed E-state index contributed by atoms with van der Waals surface area (Å²) >= 11 is 0. The van der Waals surface area contributed by atoms with E-state index >= 15 is 0 Å². The highest BCUT2D eigenvalue weighted by Crippen LogP contribution is 2.63. The normalized spacial score (nSPS) is 16.9. The molecule has 15 rings (SSSR count). The highest BCUT2D eigenvalue weighted by atomic mass is 14.5. The van der Waals surface area contributed by atoms with Crippen LogP contribution in [0.5, 0.6) is 0 Å². The molecule has 2 atom stereocenters. The summed E-state index contributed by atoms with van der Waals surface area (Å²) in [7, 11) is 0. The van der Waals surface area contributed by atoms with Crippen LogP contribution in [0.1, 0.15) is 83.5 Å². The molecule has 0 saturated carbocycles. The van der Waals surface area contributed by atoms with Crippen molar-refractivity contribution in [3.63, 3.8) is 0 Å². The minimum atomic E-state index is -0.641. The molecule has 0 nitrogen and oxygen atoms in total. The molecule has 0 heterocycles. The zero-order valence-corrected chi connectivity index (χ0v) is 44.1. The largest absolute Gasteiger partial charge is 0.0716 e. The quantitative estimate of drug-likeness (QED) is 0.142. The molecular weight excluding hydrogens is 937 g/mol. The van der Waals surface area contributed by atoms with Gasteiger partial charge in [-0.15, -0.1) is 0 Å². The van der Waals surface area contributed by atoms with Crippen molar-refractivity contribution < 1.29 is 0 Å². The molecule has 0 aromatic heterocycles. The zero-order chi connectivity index (χ0) is 52.2. The first kappa shape index (κ1) is 46.0. The molecule has 0 amide bonds. The van der Waals surface area contributed by atoms with Crippen molar-refractivity contribution in [2.75, 3.05) is 0 Å². The van der Waals surface area contributed by atoms with E-state index < -0.39 is 16.2 Å². The van der Waals surface area contributed by atoms with Crippen molar-refractivity contribution in [2.45, 2.75) is 37.0 Å². The third kappa shape index (κ3) is 6.29. The molecule has 0 saturated heterocycles. The molecule has 0 spiro atoms. The fourth-order valence-corrected chi connectivity index (χ4v) is 15.0. The molecule has 12 aromatic carbocycles. The Morgan fingerprint density at radius 3 is 1.19 bits per heavy atom. The van der Waals surface area contributed by atoms with Crippen LogP contribution in [0.4, 0.5) is 0 Å². The number of aryl methyl sites for hydroxylation is 3. The third-order valence-electron chi connectivity index (χ3n) is 17.9. The molecule has 3 aliphatic carbocycles. The topological polar surface area (TPSA) is 0 Å². The summed E-state index contributed by atoms with van der Waals surface area (Å²) in [6.07, 6.45) is 0. The van der Waals surface area contributed by atoms with Gasteiger partial charge in [-0.1, -0.05) is 284 Å². The Hall–Kier alpha value is -9.36. The summed E-state index contributed by atoms with van der Waals surface area (Å²) in [5.41, 5.74) is 30.3. The first-order chi connectivity index (χ1) is 38.4. The van der Waals surface area contributed by atoms with Crippen molar-refractivity contribution in [2.24, 2.45) is 0 Å². The molecule has 78 heavy (non-hydrogen) atoms. The Morgan fingerprint density at radius 2 is 0.628 bits per heavy atom. The summed E-state index contributed by atoms with van der Waals surface area (Å²) < 4.78 is 0. The fraction of sp³-hybridized carbons (Fsp3) is 0.0769. The van der Waals surface area contributed by atoms with Crippen LogP contribution < -0.4 is 0 Å². The van der Waals surface area contributed by atoms with Gasteiger partial charge in [0.15, 0.2) is 0 Å². The standard InChI is InChI=1S/C78H56/c1-51-42-45-71-67(46-51)63-36-16-19-39-68(63)76(71,56-26-8-4-9-27-56)60-34-23-25-55(50-60)66-47-52(2)48-72-73(66)64-37-17-20-40-69(64)77(72,57-28-10-5-11-29-57)61-35-22-24-54(49-61)62-44-43-53(3)75-74(62)65-38-18-21-41-70(65)78(75,58-30-12-6-13-31-58)59-32-14-7-15-33-59/h4-50H,1-3H3. The van der Waals surface area contributed by atoms with Crippen molar-refractivity contribution in [1.29, 1.82) is 0 Å². The Balaban J connectivity index is 0.972. The molecule has 0 heteroatoms. The molecule has 0 N–H and O–H groups in total. The molecule has 0 bridgehead atoms. The van der Waals surface area contributed by atoms with Gasteiger partial charge in [0.25, 0.3) is 0 Å². The second-order valence-electron chi connectivity index (χ2n) is 22.0. The maximum atomic E-state index is 2.53. The summed E-state index contributed by atoms with van der Waals surface area (Å²) in [6.45, 7) is 6.81. The van der Waals surface area contributed by atoms with Crippen LogP contribution in [0.25, 0.3) is 55.6 Å². The average Bonchev–Trinajstić information content (AvgIpc) is 4.17. The van der Waals surface area contributed by atoms with Gasteiger partial charge in [-0.05, 0) is 161 Å². The predicted molar refractivity (Wildman–Crippen MR) is 323 cm³/mol. The fourth-order valence-electron chi connectivity index (χ4n) is 15.0. The number of rotatable bonds is 8. The van der Waals surface area contributed by atoms with Crippen LogP contribution in [-0.4, -0.2) is 0 Å². The second-order valence-corrected chi connectivity index (χ2v) is 22.0. The molecule has 368 valence electrons. The Labute approximate surface area is 458 Å². The molecule has 0 fully saturated rings. The molecule has 12 aromatic rings. The SMILES string of the molecule is Cc1ccc2c(c1)-c1ccccc1C2(c1ccccc1)c1cccc(-c2cc(C)cc3c2-c2ccccc2C3(c2ccccc2)c2cccc(-c3ccc(C)c4c3-c3ccccc3C4(c3ccccc3)c3ccccc3)c2)c1. The van der Waals surface area contributed by atoms with E-state index in [1.54, 1.807) is 0 Å². The van der Waals surface area contributed by atoms with E-state index in [0.717, 1.165) is 0 Å². The lowest BCUT2D eigenvalue weighted by Gasteiger charge is -2.35. The third-order valence-corrected chi connectivity index (χ3v) is 17.9. The van der Waals surface area contributed by atoms with Crippen molar-refractivity contribution in [3.05, 3.63) is 369 Å². The van der Waals surface area contributed by atoms with Gasteiger partial charge in [-0.25, -0.2) is 0 Å². The Morgan fingerprint density at radius 1 is 0.218 bits per heavy atom. The summed E-state index contributed by atoms with van der Waals surface area (Å²) in [5.74, 6) is 0. The average molecular weight is 993 g/mol. The maximum absolute atomic E-state index is 2.53. The lowest BCUT2D eigenvalue weighted by molar-refractivity contribution is 0.762. The first-order valence-electron chi connectivity index (χ1n) is 27.6. The van der Waals surface area contributed by atoms with E-state index in [1.807, 2.05) is 0 Å². The van der Waals surface area contributed by atoms with Gasteiger partial charge in [0.1, 0.15) is 0 Å². The van der Waals surface area contributed by atoms with Gasteiger partial charge in [-0.2, -0.15) is 0 Å². The number of hydrogen-bond acceptors (Lipinski definition) is 0. The van der Waals surface area contributed by atoms with Crippen LogP contribution in [0, 0.1) is 20.8 Å². The lowest BCUT2D eigenvalue weighted by Crippen LogP contribution is -2.29. The smallest absolute Gasteiger partial charge is 0.0622 e. The minimum absolute atomic E-state index is 0.504. The molecular formula is C78H56. The van der Waals surface area contributed by atoms with Gasteiger partial charge in [0, 0.05) is 0 Å². The zero-order valence-electron chi connectivity index (χ0n) is 44.1. The lowest BCUT2D eigenvalue weighted by atomic mass is 9.66.